The van der Waals surface area contributed by atoms with Crippen LogP contribution in [-0.4, -0.2) is 66.5 Å². The van der Waals surface area contributed by atoms with Gasteiger partial charge in [-0.1, -0.05) is 0 Å². The predicted molar refractivity (Wildman–Crippen MR) is 131 cm³/mol. The Hall–Kier alpha value is -3.57. The van der Waals surface area contributed by atoms with Gasteiger partial charge in [0.05, 0.1) is 10.6 Å². The summed E-state index contributed by atoms with van der Waals surface area (Å²) in [4.78, 5) is 20.4. The van der Waals surface area contributed by atoms with Crippen molar-refractivity contribution in [3.05, 3.63) is 59.9 Å². The van der Waals surface area contributed by atoms with Crippen molar-refractivity contribution >= 4 is 38.9 Å². The molecule has 0 spiro atoms. The molecule has 0 atom stereocenters. The van der Waals surface area contributed by atoms with E-state index in [4.69, 9.17) is 0 Å². The zero-order chi connectivity index (χ0) is 24.0. The fourth-order valence-electron chi connectivity index (χ4n) is 5.03. The summed E-state index contributed by atoms with van der Waals surface area (Å²) in [6, 6.07) is 11.0. The smallest absolute Gasteiger partial charge is 0.243 e. The number of benzene rings is 1. The summed E-state index contributed by atoms with van der Waals surface area (Å²) in [5, 5.41) is 11.7. The first kappa shape index (κ1) is 21.9. The molecule has 1 saturated heterocycles. The molecule has 1 amide bonds. The second-order valence-electron chi connectivity index (χ2n) is 8.91. The molecule has 0 saturated carbocycles. The molecule has 0 bridgehead atoms. The van der Waals surface area contributed by atoms with Crippen LogP contribution in [0, 0.1) is 0 Å². The lowest BCUT2D eigenvalue weighted by atomic mass is 10.00. The Labute approximate surface area is 203 Å². The summed E-state index contributed by atoms with van der Waals surface area (Å²) in [5.41, 5.74) is 3.74. The van der Waals surface area contributed by atoms with E-state index in [1.165, 1.54) is 0 Å². The molecule has 5 heterocycles. The molecule has 11 heteroatoms. The molecule has 0 radical (unpaired) electrons. The van der Waals surface area contributed by atoms with Gasteiger partial charge in [0.15, 0.2) is 11.6 Å². The first-order valence-corrected chi connectivity index (χ1v) is 13.1. The number of sulfonamides is 1. The van der Waals surface area contributed by atoms with Gasteiger partial charge < -0.3 is 15.1 Å². The van der Waals surface area contributed by atoms with Crippen LogP contribution in [0.25, 0.3) is 0 Å². The van der Waals surface area contributed by atoms with E-state index in [1.807, 2.05) is 34.1 Å². The molecule has 1 aromatic carbocycles. The number of amides is 1. The Morgan fingerprint density at radius 2 is 1.57 bits per heavy atom. The summed E-state index contributed by atoms with van der Waals surface area (Å²) in [5.74, 6) is 1.48. The minimum absolute atomic E-state index is 0.132. The molecule has 0 aliphatic carbocycles. The number of aryl methyl sites for hydroxylation is 1. The van der Waals surface area contributed by atoms with Gasteiger partial charge in [-0.15, -0.1) is 10.2 Å². The first-order valence-electron chi connectivity index (χ1n) is 11.7. The van der Waals surface area contributed by atoms with Crippen LogP contribution in [-0.2, 0) is 27.7 Å². The number of hydrogen-bond donors (Lipinski definition) is 1. The highest BCUT2D eigenvalue weighted by atomic mass is 32.2. The average Bonchev–Trinajstić information content (AvgIpc) is 3.33. The zero-order valence-corrected chi connectivity index (χ0v) is 19.9. The summed E-state index contributed by atoms with van der Waals surface area (Å²) < 4.78 is 28.5. The largest absolute Gasteiger partial charge is 0.352 e. The highest BCUT2D eigenvalue weighted by Gasteiger charge is 2.35. The van der Waals surface area contributed by atoms with E-state index in [0.717, 1.165) is 22.5 Å². The summed E-state index contributed by atoms with van der Waals surface area (Å²) in [6.45, 7) is 2.45. The Morgan fingerprint density at radius 1 is 0.829 bits per heavy atom. The van der Waals surface area contributed by atoms with Crippen molar-refractivity contribution in [2.75, 3.05) is 47.8 Å². The van der Waals surface area contributed by atoms with Gasteiger partial charge in [-0.2, -0.15) is 4.31 Å². The first-order chi connectivity index (χ1) is 17.0. The molecule has 35 heavy (non-hydrogen) atoms. The third-order valence-corrected chi connectivity index (χ3v) is 8.71. The Morgan fingerprint density at radius 3 is 2.29 bits per heavy atom. The van der Waals surface area contributed by atoms with Crippen molar-refractivity contribution in [2.24, 2.45) is 0 Å². The third kappa shape index (κ3) is 4.00. The van der Waals surface area contributed by atoms with Crippen molar-refractivity contribution in [1.82, 2.24) is 19.5 Å². The monoisotopic (exact) mass is 491 g/mol. The number of hydrogen-bond acceptors (Lipinski definition) is 8. The van der Waals surface area contributed by atoms with Crippen LogP contribution in [0.3, 0.4) is 0 Å². The van der Waals surface area contributed by atoms with Crippen LogP contribution in [0.2, 0.25) is 0 Å². The van der Waals surface area contributed by atoms with Crippen LogP contribution in [0.5, 0.6) is 0 Å². The SMILES string of the molecule is O=C1CCc2cc(S(=O)(=O)N3CCN(c4ccc(Nc5ccncc5)nn4)CC3)cc3c2N1CC3. The van der Waals surface area contributed by atoms with Crippen molar-refractivity contribution in [3.8, 4) is 0 Å². The molecule has 6 rings (SSSR count). The molecular formula is C24H25N7O3S. The predicted octanol–water partition coefficient (Wildman–Crippen LogP) is 1.96. The van der Waals surface area contributed by atoms with Crippen molar-refractivity contribution in [1.29, 1.82) is 0 Å². The number of pyridine rings is 1. The number of carbonyl (C=O) groups is 1. The highest BCUT2D eigenvalue weighted by Crippen LogP contribution is 2.39. The number of piperazine rings is 1. The van der Waals surface area contributed by atoms with Gasteiger partial charge in [-0.3, -0.25) is 9.78 Å². The number of aromatic nitrogens is 3. The second kappa shape index (κ2) is 8.58. The molecule has 1 fully saturated rings. The quantitative estimate of drug-likeness (QED) is 0.577. The van der Waals surface area contributed by atoms with Gasteiger partial charge in [-0.05, 0) is 60.4 Å². The van der Waals surface area contributed by atoms with Crippen LogP contribution >= 0.6 is 0 Å². The lowest BCUT2D eigenvalue weighted by molar-refractivity contribution is -0.118. The number of nitrogens with zero attached hydrogens (tertiary/aromatic N) is 6. The Kier molecular flexibility index (Phi) is 5.37. The van der Waals surface area contributed by atoms with E-state index in [0.29, 0.717) is 68.5 Å². The standard InChI is InChI=1S/C24H25N7O3S/c32-23-4-1-17-15-20(16-18-7-10-31(23)24(17)18)35(33,34)30-13-11-29(12-14-30)22-3-2-21(27-28-22)26-19-5-8-25-9-6-19/h2-3,5-6,8-9,15-16H,1,4,7,10-14H2,(H,25,26,27). The molecule has 1 N–H and O–H groups in total. The number of anilines is 4. The molecular weight excluding hydrogens is 466 g/mol. The average molecular weight is 492 g/mol. The molecule has 3 aromatic rings. The molecule has 180 valence electrons. The molecule has 0 unspecified atom stereocenters. The maximum Gasteiger partial charge on any atom is 0.243 e. The van der Waals surface area contributed by atoms with Gasteiger partial charge in [0.1, 0.15) is 0 Å². The van der Waals surface area contributed by atoms with E-state index in [1.54, 1.807) is 28.8 Å². The topological polar surface area (TPSA) is 112 Å². The van der Waals surface area contributed by atoms with Crippen LogP contribution in [0.15, 0.2) is 53.7 Å². The van der Waals surface area contributed by atoms with Crippen LogP contribution in [0.4, 0.5) is 23.0 Å². The van der Waals surface area contributed by atoms with E-state index in [2.05, 4.69) is 20.5 Å². The van der Waals surface area contributed by atoms with Crippen molar-refractivity contribution in [3.63, 3.8) is 0 Å². The fourth-order valence-corrected chi connectivity index (χ4v) is 6.55. The van der Waals surface area contributed by atoms with Crippen molar-refractivity contribution in [2.45, 2.75) is 24.2 Å². The molecule has 2 aromatic heterocycles. The van der Waals surface area contributed by atoms with Gasteiger partial charge in [-0.25, -0.2) is 8.42 Å². The maximum atomic E-state index is 13.5. The third-order valence-electron chi connectivity index (χ3n) is 6.83. The van der Waals surface area contributed by atoms with Gasteiger partial charge in [0.25, 0.3) is 0 Å². The normalized spacial score (nSPS) is 18.0. The minimum Gasteiger partial charge on any atom is -0.352 e. The van der Waals surface area contributed by atoms with Crippen LogP contribution in [0.1, 0.15) is 17.5 Å². The fraction of sp³-hybridized carbons (Fsp3) is 0.333. The Balaban J connectivity index is 1.14. The van der Waals surface area contributed by atoms with Gasteiger partial charge in [0.2, 0.25) is 15.9 Å². The molecule has 3 aliphatic heterocycles. The minimum atomic E-state index is -3.62. The lowest BCUT2D eigenvalue weighted by Gasteiger charge is -2.34. The van der Waals surface area contributed by atoms with E-state index in [9.17, 15) is 13.2 Å². The molecule has 10 nitrogen and oxygen atoms in total. The number of rotatable bonds is 5. The van der Waals surface area contributed by atoms with E-state index in [-0.39, 0.29) is 5.91 Å². The van der Waals surface area contributed by atoms with Crippen LogP contribution < -0.4 is 15.1 Å². The van der Waals surface area contributed by atoms with E-state index < -0.39 is 10.0 Å². The summed E-state index contributed by atoms with van der Waals surface area (Å²) >= 11 is 0. The van der Waals surface area contributed by atoms with Crippen molar-refractivity contribution < 1.29 is 13.2 Å². The maximum absolute atomic E-state index is 13.5. The van der Waals surface area contributed by atoms with Gasteiger partial charge >= 0.3 is 0 Å². The number of carbonyl (C=O) groups excluding carboxylic acids is 1. The highest BCUT2D eigenvalue weighted by molar-refractivity contribution is 7.89. The van der Waals surface area contributed by atoms with E-state index >= 15 is 0 Å². The Bertz CT molecular complexity index is 1370. The summed E-state index contributed by atoms with van der Waals surface area (Å²) in [7, 11) is -3.62. The van der Waals surface area contributed by atoms with Gasteiger partial charge in [0, 0.05) is 57.2 Å². The lowest BCUT2D eigenvalue weighted by Crippen LogP contribution is -2.49. The zero-order valence-electron chi connectivity index (χ0n) is 19.1. The molecule has 3 aliphatic rings. The number of nitrogens with one attached hydrogen (secondary N) is 1. The summed E-state index contributed by atoms with van der Waals surface area (Å²) in [6.07, 6.45) is 5.14. The second-order valence-corrected chi connectivity index (χ2v) is 10.9.